The second-order valence-electron chi connectivity index (χ2n) is 5.53. The van der Waals surface area contributed by atoms with Gasteiger partial charge in [0.15, 0.2) is 0 Å². The maximum Gasteiger partial charge on any atom is 0.328 e. The fourth-order valence-electron chi connectivity index (χ4n) is 1.67. The summed E-state index contributed by atoms with van der Waals surface area (Å²) in [4.78, 5) is 23.3. The van der Waals surface area contributed by atoms with Gasteiger partial charge in [0.25, 0.3) is 5.69 Å². The van der Waals surface area contributed by atoms with Gasteiger partial charge in [-0.05, 0) is 27.7 Å². The third kappa shape index (κ3) is 3.84. The van der Waals surface area contributed by atoms with Crippen molar-refractivity contribution in [2.24, 2.45) is 0 Å². The summed E-state index contributed by atoms with van der Waals surface area (Å²) in [5.74, 6) is -0.690. The number of likely N-dealkylation sites (N-methyl/N-ethyl adjacent to an activating group) is 1. The topological polar surface area (TPSA) is 92.9 Å². The van der Waals surface area contributed by atoms with Crippen molar-refractivity contribution >= 4 is 17.3 Å². The Morgan fingerprint density at radius 3 is 2.38 bits per heavy atom. The third-order valence-electron chi connectivity index (χ3n) is 3.21. The van der Waals surface area contributed by atoms with E-state index in [2.05, 4.69) is 0 Å². The van der Waals surface area contributed by atoms with Crippen molar-refractivity contribution in [1.82, 2.24) is 0 Å². The van der Waals surface area contributed by atoms with Gasteiger partial charge in [-0.1, -0.05) is 0 Å². The lowest BCUT2D eigenvalue weighted by Crippen LogP contribution is -2.48. The molecular formula is C14H20N2O5. The first-order chi connectivity index (χ1) is 9.55. The molecule has 1 rings (SSSR count). The average molecular weight is 296 g/mol. The van der Waals surface area contributed by atoms with Crippen LogP contribution in [0.25, 0.3) is 0 Å². The van der Waals surface area contributed by atoms with Crippen molar-refractivity contribution in [2.45, 2.75) is 39.3 Å². The molecule has 0 radical (unpaired) electrons. The summed E-state index contributed by atoms with van der Waals surface area (Å²) >= 11 is 0. The summed E-state index contributed by atoms with van der Waals surface area (Å²) < 4.78 is 5.49. The zero-order valence-corrected chi connectivity index (χ0v) is 12.8. The van der Waals surface area contributed by atoms with E-state index in [0.29, 0.717) is 11.4 Å². The predicted octanol–water partition coefficient (Wildman–Crippen LogP) is 2.68. The van der Waals surface area contributed by atoms with Crippen molar-refractivity contribution in [3.63, 3.8) is 0 Å². The van der Waals surface area contributed by atoms with E-state index >= 15 is 0 Å². The molecule has 0 atom stereocenters. The highest BCUT2D eigenvalue weighted by Gasteiger charge is 2.33. The molecule has 0 aromatic heterocycles. The van der Waals surface area contributed by atoms with E-state index < -0.39 is 16.4 Å². The third-order valence-corrected chi connectivity index (χ3v) is 3.21. The minimum atomic E-state index is -1.20. The molecule has 0 spiro atoms. The average Bonchev–Trinajstić information content (AvgIpc) is 2.36. The minimum Gasteiger partial charge on any atom is -0.491 e. The van der Waals surface area contributed by atoms with Crippen LogP contribution >= 0.6 is 0 Å². The first-order valence-electron chi connectivity index (χ1n) is 6.49. The Morgan fingerprint density at radius 2 is 1.95 bits per heavy atom. The summed E-state index contributed by atoms with van der Waals surface area (Å²) in [6.45, 7) is 6.67. The number of carboxylic acids is 1. The van der Waals surface area contributed by atoms with Gasteiger partial charge < -0.3 is 14.7 Å². The zero-order valence-electron chi connectivity index (χ0n) is 12.8. The number of hydrogen-bond acceptors (Lipinski definition) is 5. The van der Waals surface area contributed by atoms with E-state index in [4.69, 9.17) is 4.74 Å². The van der Waals surface area contributed by atoms with Gasteiger partial charge in [0.05, 0.1) is 17.1 Å². The van der Waals surface area contributed by atoms with E-state index in [1.807, 2.05) is 13.8 Å². The molecule has 0 aliphatic carbocycles. The molecular weight excluding hydrogens is 276 g/mol. The van der Waals surface area contributed by atoms with Gasteiger partial charge in [-0.2, -0.15) is 0 Å². The van der Waals surface area contributed by atoms with Gasteiger partial charge in [-0.25, -0.2) is 4.79 Å². The number of anilines is 1. The van der Waals surface area contributed by atoms with Crippen molar-refractivity contribution in [2.75, 3.05) is 11.9 Å². The minimum absolute atomic E-state index is 0.141. The molecule has 0 saturated heterocycles. The molecule has 0 saturated carbocycles. The lowest BCUT2D eigenvalue weighted by atomic mass is 10.0. The molecule has 1 aromatic rings. The number of non-ortho nitro benzene ring substituents is 1. The molecule has 0 bridgehead atoms. The number of carboxylic acid groups (broad SMARTS) is 1. The summed E-state index contributed by atoms with van der Waals surface area (Å²) in [5, 5.41) is 20.3. The number of nitro groups is 1. The van der Waals surface area contributed by atoms with Crippen molar-refractivity contribution in [3.8, 4) is 5.75 Å². The Morgan fingerprint density at radius 1 is 1.38 bits per heavy atom. The molecule has 0 aliphatic heterocycles. The quantitative estimate of drug-likeness (QED) is 0.641. The largest absolute Gasteiger partial charge is 0.491 e. The molecule has 7 nitrogen and oxygen atoms in total. The number of benzene rings is 1. The number of aliphatic carboxylic acids is 1. The molecule has 1 N–H and O–H groups in total. The van der Waals surface area contributed by atoms with Crippen molar-refractivity contribution in [1.29, 1.82) is 0 Å². The van der Waals surface area contributed by atoms with Gasteiger partial charge in [0.2, 0.25) is 0 Å². The van der Waals surface area contributed by atoms with Crippen LogP contribution in [-0.2, 0) is 4.79 Å². The Bertz CT molecular complexity index is 554. The lowest BCUT2D eigenvalue weighted by Gasteiger charge is -2.33. The van der Waals surface area contributed by atoms with Crippen LogP contribution in [0.2, 0.25) is 0 Å². The number of nitrogens with zero attached hydrogens (tertiary/aromatic N) is 2. The zero-order chi connectivity index (χ0) is 16.4. The van der Waals surface area contributed by atoms with Crippen LogP contribution < -0.4 is 9.64 Å². The Kier molecular flexibility index (Phi) is 4.77. The van der Waals surface area contributed by atoms with Crippen LogP contribution in [0.3, 0.4) is 0 Å². The highest BCUT2D eigenvalue weighted by Crippen LogP contribution is 2.31. The Labute approximate surface area is 123 Å². The first-order valence-corrected chi connectivity index (χ1v) is 6.49. The van der Waals surface area contributed by atoms with Crippen LogP contribution in [0, 0.1) is 10.1 Å². The summed E-state index contributed by atoms with van der Waals surface area (Å²) in [6.07, 6.45) is -0.141. The van der Waals surface area contributed by atoms with Crippen molar-refractivity contribution < 1.29 is 19.6 Å². The molecule has 0 fully saturated rings. The standard InChI is InChI=1S/C14H20N2O5/c1-9(2)21-12-7-10(6-11(8-12)16(19)20)15(5)14(3,4)13(17)18/h6-9H,1-5H3,(H,17,18). The number of rotatable bonds is 6. The van der Waals surface area contributed by atoms with E-state index in [-0.39, 0.29) is 11.8 Å². The molecule has 0 unspecified atom stereocenters. The smallest absolute Gasteiger partial charge is 0.328 e. The Hall–Kier alpha value is -2.31. The normalized spacial score (nSPS) is 11.3. The number of nitro benzene ring substituents is 1. The first kappa shape index (κ1) is 16.7. The molecule has 0 aliphatic rings. The molecule has 7 heteroatoms. The van der Waals surface area contributed by atoms with Gasteiger partial charge in [-0.3, -0.25) is 10.1 Å². The van der Waals surface area contributed by atoms with E-state index in [9.17, 15) is 20.0 Å². The SMILES string of the molecule is CC(C)Oc1cc(N(C)C(C)(C)C(=O)O)cc([N+](=O)[O-])c1. The van der Waals surface area contributed by atoms with Gasteiger partial charge in [-0.15, -0.1) is 0 Å². The van der Waals surface area contributed by atoms with Crippen LogP contribution in [0.15, 0.2) is 18.2 Å². The fraction of sp³-hybridized carbons (Fsp3) is 0.500. The Balaban J connectivity index is 3.31. The highest BCUT2D eigenvalue weighted by molar-refractivity contribution is 5.82. The maximum atomic E-state index is 11.3. The monoisotopic (exact) mass is 296 g/mol. The summed E-state index contributed by atoms with van der Waals surface area (Å²) in [6, 6.07) is 4.25. The van der Waals surface area contributed by atoms with Crippen LogP contribution in [-0.4, -0.2) is 34.7 Å². The number of hydrogen-bond donors (Lipinski definition) is 1. The molecule has 0 amide bonds. The maximum absolute atomic E-state index is 11.3. The molecule has 1 aromatic carbocycles. The molecule has 0 heterocycles. The van der Waals surface area contributed by atoms with Gasteiger partial charge >= 0.3 is 5.97 Å². The van der Waals surface area contributed by atoms with E-state index in [1.54, 1.807) is 13.1 Å². The van der Waals surface area contributed by atoms with E-state index in [0.717, 1.165) is 0 Å². The van der Waals surface area contributed by atoms with Crippen LogP contribution in [0.4, 0.5) is 11.4 Å². The number of ether oxygens (including phenoxy) is 1. The second-order valence-corrected chi connectivity index (χ2v) is 5.53. The van der Waals surface area contributed by atoms with Gasteiger partial charge in [0.1, 0.15) is 11.3 Å². The molecule has 116 valence electrons. The fourth-order valence-corrected chi connectivity index (χ4v) is 1.67. The van der Waals surface area contributed by atoms with Crippen LogP contribution in [0.1, 0.15) is 27.7 Å². The van der Waals surface area contributed by atoms with E-state index in [1.165, 1.54) is 30.9 Å². The summed E-state index contributed by atoms with van der Waals surface area (Å²) in [5.41, 5.74) is -0.937. The van der Waals surface area contributed by atoms with Gasteiger partial charge in [0, 0.05) is 24.9 Å². The second kappa shape index (κ2) is 5.99. The predicted molar refractivity (Wildman–Crippen MR) is 79.0 cm³/mol. The van der Waals surface area contributed by atoms with Crippen molar-refractivity contribution in [3.05, 3.63) is 28.3 Å². The molecule has 21 heavy (non-hydrogen) atoms. The summed E-state index contributed by atoms with van der Waals surface area (Å²) in [7, 11) is 1.58. The number of carbonyl (C=O) groups is 1. The lowest BCUT2D eigenvalue weighted by molar-refractivity contribution is -0.384. The van der Waals surface area contributed by atoms with Crippen LogP contribution in [0.5, 0.6) is 5.75 Å². The highest BCUT2D eigenvalue weighted by atomic mass is 16.6.